The maximum atomic E-state index is 3.60. The summed E-state index contributed by atoms with van der Waals surface area (Å²) in [6.45, 7) is 3.16. The minimum Gasteiger partial charge on any atom is -0.306 e. The zero-order valence-corrected chi connectivity index (χ0v) is 11.5. The number of hydrogen-bond acceptors (Lipinski definition) is 1. The fourth-order valence-electron chi connectivity index (χ4n) is 2.50. The lowest BCUT2D eigenvalue weighted by Crippen LogP contribution is -2.18. The second-order valence-corrected chi connectivity index (χ2v) is 5.53. The van der Waals surface area contributed by atoms with Crippen LogP contribution in [0.1, 0.15) is 48.4 Å². The van der Waals surface area contributed by atoms with E-state index in [4.69, 9.17) is 0 Å². The van der Waals surface area contributed by atoms with Gasteiger partial charge in [0.1, 0.15) is 0 Å². The van der Waals surface area contributed by atoms with Crippen LogP contribution in [0.4, 0.5) is 0 Å². The molecule has 1 atom stereocenters. The van der Waals surface area contributed by atoms with Gasteiger partial charge in [0.25, 0.3) is 0 Å². The molecular formula is C18H21N. The van der Waals surface area contributed by atoms with E-state index in [1.807, 2.05) is 0 Å². The molecule has 0 aromatic heterocycles. The summed E-state index contributed by atoms with van der Waals surface area (Å²) < 4.78 is 0. The Hall–Kier alpha value is -1.60. The van der Waals surface area contributed by atoms with E-state index in [0.717, 1.165) is 12.5 Å². The van der Waals surface area contributed by atoms with Crippen molar-refractivity contribution in [2.45, 2.75) is 38.3 Å². The van der Waals surface area contributed by atoms with Crippen LogP contribution in [0.15, 0.2) is 54.6 Å². The molecule has 98 valence electrons. The fraction of sp³-hybridized carbons (Fsp3) is 0.333. The average Bonchev–Trinajstić information content (AvgIpc) is 3.31. The Kier molecular flexibility index (Phi) is 3.65. The van der Waals surface area contributed by atoms with E-state index in [1.165, 1.54) is 29.5 Å². The summed E-state index contributed by atoms with van der Waals surface area (Å²) in [6.07, 6.45) is 2.74. The van der Waals surface area contributed by atoms with Crippen LogP contribution < -0.4 is 5.32 Å². The number of rotatable bonds is 5. The van der Waals surface area contributed by atoms with Crippen molar-refractivity contribution in [2.24, 2.45) is 0 Å². The van der Waals surface area contributed by atoms with Crippen molar-refractivity contribution >= 4 is 0 Å². The summed E-state index contributed by atoms with van der Waals surface area (Å²) in [4.78, 5) is 0. The van der Waals surface area contributed by atoms with Gasteiger partial charge in [-0.05, 0) is 42.4 Å². The van der Waals surface area contributed by atoms with Gasteiger partial charge in [0.05, 0.1) is 0 Å². The smallest absolute Gasteiger partial charge is 0.0294 e. The molecule has 0 radical (unpaired) electrons. The quantitative estimate of drug-likeness (QED) is 0.829. The molecule has 1 N–H and O–H groups in total. The molecule has 0 aliphatic heterocycles. The van der Waals surface area contributed by atoms with Crippen molar-refractivity contribution < 1.29 is 0 Å². The summed E-state index contributed by atoms with van der Waals surface area (Å²) in [5, 5.41) is 3.60. The first-order chi connectivity index (χ1) is 9.33. The van der Waals surface area contributed by atoms with Crippen LogP contribution >= 0.6 is 0 Å². The van der Waals surface area contributed by atoms with Crippen LogP contribution in [0, 0.1) is 0 Å². The molecule has 1 heteroatoms. The van der Waals surface area contributed by atoms with Crippen LogP contribution in [0.2, 0.25) is 0 Å². The zero-order valence-electron chi connectivity index (χ0n) is 11.5. The lowest BCUT2D eigenvalue weighted by atomic mass is 10.1. The first-order valence-corrected chi connectivity index (χ1v) is 7.20. The Bertz CT molecular complexity index is 528. The first-order valence-electron chi connectivity index (χ1n) is 7.20. The predicted molar refractivity (Wildman–Crippen MR) is 80.1 cm³/mol. The Balaban J connectivity index is 1.61. The maximum Gasteiger partial charge on any atom is 0.0294 e. The van der Waals surface area contributed by atoms with Crippen LogP contribution in [0.3, 0.4) is 0 Å². The predicted octanol–water partition coefficient (Wildman–Crippen LogP) is 4.41. The molecule has 0 saturated heterocycles. The fourth-order valence-corrected chi connectivity index (χ4v) is 2.50. The highest BCUT2D eigenvalue weighted by Crippen LogP contribution is 2.40. The van der Waals surface area contributed by atoms with E-state index >= 15 is 0 Å². The lowest BCUT2D eigenvalue weighted by molar-refractivity contribution is 0.574. The highest BCUT2D eigenvalue weighted by molar-refractivity contribution is 5.29. The highest BCUT2D eigenvalue weighted by atomic mass is 14.9. The molecule has 0 spiro atoms. The van der Waals surface area contributed by atoms with Gasteiger partial charge in [-0.25, -0.2) is 0 Å². The molecule has 1 nitrogen and oxygen atoms in total. The largest absolute Gasteiger partial charge is 0.306 e. The topological polar surface area (TPSA) is 12.0 Å². The second kappa shape index (κ2) is 5.58. The van der Waals surface area contributed by atoms with Gasteiger partial charge in [-0.2, -0.15) is 0 Å². The molecule has 0 bridgehead atoms. The summed E-state index contributed by atoms with van der Waals surface area (Å²) in [7, 11) is 0. The molecule has 0 heterocycles. The van der Waals surface area contributed by atoms with Crippen LogP contribution in [-0.4, -0.2) is 0 Å². The van der Waals surface area contributed by atoms with E-state index in [-0.39, 0.29) is 0 Å². The average molecular weight is 251 g/mol. The Labute approximate surface area is 115 Å². The molecule has 2 aromatic carbocycles. The van der Waals surface area contributed by atoms with E-state index < -0.39 is 0 Å². The first kappa shape index (κ1) is 12.4. The standard InChI is InChI=1S/C18H21N/c1-14(16-7-3-2-4-8-16)19-13-15-6-5-9-18(12-15)17-10-11-17/h2-9,12,14,17,19H,10-11,13H2,1H3. The zero-order chi connectivity index (χ0) is 13.1. The number of hydrogen-bond donors (Lipinski definition) is 1. The van der Waals surface area contributed by atoms with Crippen molar-refractivity contribution in [3.05, 3.63) is 71.3 Å². The molecule has 1 unspecified atom stereocenters. The molecule has 3 rings (SSSR count). The normalized spacial score (nSPS) is 16.3. The van der Waals surface area contributed by atoms with Gasteiger partial charge in [-0.3, -0.25) is 0 Å². The van der Waals surface area contributed by atoms with Gasteiger partial charge in [0.2, 0.25) is 0 Å². The molecule has 19 heavy (non-hydrogen) atoms. The van der Waals surface area contributed by atoms with Crippen molar-refractivity contribution in [3.8, 4) is 0 Å². The van der Waals surface area contributed by atoms with Crippen molar-refractivity contribution in [3.63, 3.8) is 0 Å². The Morgan fingerprint density at radius 1 is 1.05 bits per heavy atom. The summed E-state index contributed by atoms with van der Waals surface area (Å²) >= 11 is 0. The third-order valence-electron chi connectivity index (χ3n) is 3.91. The van der Waals surface area contributed by atoms with E-state index in [0.29, 0.717) is 6.04 Å². The minimum absolute atomic E-state index is 0.394. The molecule has 1 aliphatic rings. The number of benzene rings is 2. The van der Waals surface area contributed by atoms with E-state index in [9.17, 15) is 0 Å². The van der Waals surface area contributed by atoms with Crippen molar-refractivity contribution in [1.82, 2.24) is 5.32 Å². The third-order valence-corrected chi connectivity index (χ3v) is 3.91. The summed E-state index contributed by atoms with van der Waals surface area (Å²) in [5.74, 6) is 0.839. The van der Waals surface area contributed by atoms with Crippen molar-refractivity contribution in [1.29, 1.82) is 0 Å². The SMILES string of the molecule is CC(NCc1cccc(C2CC2)c1)c1ccccc1. The number of nitrogens with one attached hydrogen (secondary N) is 1. The van der Waals surface area contributed by atoms with Crippen LogP contribution in [0.25, 0.3) is 0 Å². The highest BCUT2D eigenvalue weighted by Gasteiger charge is 2.23. The van der Waals surface area contributed by atoms with Gasteiger partial charge in [-0.15, -0.1) is 0 Å². The molecule has 2 aromatic rings. The summed E-state index contributed by atoms with van der Waals surface area (Å²) in [5.41, 5.74) is 4.26. The Morgan fingerprint density at radius 3 is 2.58 bits per heavy atom. The van der Waals surface area contributed by atoms with E-state index in [1.54, 1.807) is 0 Å². The monoisotopic (exact) mass is 251 g/mol. The Morgan fingerprint density at radius 2 is 1.84 bits per heavy atom. The minimum atomic E-state index is 0.394. The second-order valence-electron chi connectivity index (χ2n) is 5.53. The van der Waals surface area contributed by atoms with E-state index in [2.05, 4.69) is 66.8 Å². The summed E-state index contributed by atoms with van der Waals surface area (Å²) in [6, 6.07) is 20.1. The molecule has 1 fully saturated rings. The van der Waals surface area contributed by atoms with Crippen molar-refractivity contribution in [2.75, 3.05) is 0 Å². The maximum absolute atomic E-state index is 3.60. The van der Waals surface area contributed by atoms with Gasteiger partial charge in [-0.1, -0.05) is 54.6 Å². The van der Waals surface area contributed by atoms with Gasteiger partial charge in [0.15, 0.2) is 0 Å². The van der Waals surface area contributed by atoms with Crippen LogP contribution in [0.5, 0.6) is 0 Å². The van der Waals surface area contributed by atoms with Gasteiger partial charge < -0.3 is 5.32 Å². The molecule has 0 amide bonds. The van der Waals surface area contributed by atoms with Crippen LogP contribution in [-0.2, 0) is 6.54 Å². The third kappa shape index (κ3) is 3.24. The molecule has 1 aliphatic carbocycles. The lowest BCUT2D eigenvalue weighted by Gasteiger charge is -2.14. The van der Waals surface area contributed by atoms with Gasteiger partial charge in [0, 0.05) is 12.6 Å². The molecule has 1 saturated carbocycles. The van der Waals surface area contributed by atoms with Gasteiger partial charge >= 0.3 is 0 Å². The molecular weight excluding hydrogens is 230 g/mol.